The van der Waals surface area contributed by atoms with Crippen molar-refractivity contribution < 1.29 is 10.2 Å². The molecule has 0 aromatic rings. The van der Waals surface area contributed by atoms with E-state index in [1.54, 1.807) is 0 Å². The van der Waals surface area contributed by atoms with E-state index in [4.69, 9.17) is 0 Å². The lowest BCUT2D eigenvalue weighted by atomic mass is 9.90. The van der Waals surface area contributed by atoms with E-state index in [-0.39, 0.29) is 11.8 Å². The van der Waals surface area contributed by atoms with Gasteiger partial charge < -0.3 is 10.2 Å². The predicted molar refractivity (Wildman–Crippen MR) is 46.2 cm³/mol. The van der Waals surface area contributed by atoms with E-state index in [1.807, 2.05) is 20.8 Å². The number of hydrogen-bond donors (Lipinski definition) is 2. The summed E-state index contributed by atoms with van der Waals surface area (Å²) in [7, 11) is 0. The van der Waals surface area contributed by atoms with E-state index in [0.29, 0.717) is 0 Å². The third-order valence-corrected chi connectivity index (χ3v) is 2.00. The number of aliphatic hydroxyl groups is 2. The van der Waals surface area contributed by atoms with Crippen LogP contribution in [0.2, 0.25) is 0 Å². The van der Waals surface area contributed by atoms with Gasteiger partial charge in [-0.1, -0.05) is 26.8 Å². The van der Waals surface area contributed by atoms with Crippen LogP contribution in [0.4, 0.5) is 0 Å². The molecule has 0 saturated carbocycles. The number of rotatable bonds is 4. The van der Waals surface area contributed by atoms with Crippen LogP contribution in [-0.4, -0.2) is 22.4 Å². The maximum absolute atomic E-state index is 9.49. The average Bonchev–Trinajstić information content (AvgIpc) is 2.00. The van der Waals surface area contributed by atoms with E-state index in [0.717, 1.165) is 0 Å². The van der Waals surface area contributed by atoms with Gasteiger partial charge in [0.15, 0.2) is 0 Å². The first-order valence-corrected chi connectivity index (χ1v) is 3.99. The molecule has 2 nitrogen and oxygen atoms in total. The molecule has 2 heteroatoms. The highest BCUT2D eigenvalue weighted by Gasteiger charge is 2.22. The van der Waals surface area contributed by atoms with Crippen LogP contribution >= 0.6 is 0 Å². The molecule has 0 aliphatic rings. The standard InChI is InChI=1S/C9H18O2/c1-5-8(10)7(4)9(11)6(2)3/h5-11H,1H2,2-4H3/t7-,8-,9+/m0/s1. The molecule has 66 valence electrons. The van der Waals surface area contributed by atoms with Crippen LogP contribution in [0.25, 0.3) is 0 Å². The minimum Gasteiger partial charge on any atom is -0.392 e. The number of hydrogen-bond acceptors (Lipinski definition) is 2. The third-order valence-electron chi connectivity index (χ3n) is 2.00. The summed E-state index contributed by atoms with van der Waals surface area (Å²) in [6, 6.07) is 0. The molecule has 11 heavy (non-hydrogen) atoms. The van der Waals surface area contributed by atoms with Gasteiger partial charge in [-0.2, -0.15) is 0 Å². The maximum atomic E-state index is 9.49. The second-order valence-corrected chi connectivity index (χ2v) is 3.32. The highest BCUT2D eigenvalue weighted by Crippen LogP contribution is 2.16. The zero-order valence-electron chi connectivity index (χ0n) is 7.49. The monoisotopic (exact) mass is 158 g/mol. The molecule has 0 unspecified atom stereocenters. The van der Waals surface area contributed by atoms with Crippen molar-refractivity contribution >= 4 is 0 Å². The molecule has 0 rings (SSSR count). The molecule has 0 saturated heterocycles. The van der Waals surface area contributed by atoms with Crippen molar-refractivity contribution in [3.63, 3.8) is 0 Å². The zero-order chi connectivity index (χ0) is 9.02. The minimum atomic E-state index is -0.604. The van der Waals surface area contributed by atoms with Crippen molar-refractivity contribution in [3.8, 4) is 0 Å². The Morgan fingerprint density at radius 2 is 1.64 bits per heavy atom. The summed E-state index contributed by atoms with van der Waals surface area (Å²) in [6.07, 6.45) is 0.395. The highest BCUT2D eigenvalue weighted by molar-refractivity contribution is 4.86. The molecule has 0 radical (unpaired) electrons. The first-order valence-electron chi connectivity index (χ1n) is 3.99. The molecular formula is C9H18O2. The van der Waals surface area contributed by atoms with Gasteiger partial charge in [0.2, 0.25) is 0 Å². The van der Waals surface area contributed by atoms with E-state index < -0.39 is 12.2 Å². The van der Waals surface area contributed by atoms with Crippen molar-refractivity contribution in [2.24, 2.45) is 11.8 Å². The quantitative estimate of drug-likeness (QED) is 0.603. The summed E-state index contributed by atoms with van der Waals surface area (Å²) in [4.78, 5) is 0. The molecular weight excluding hydrogens is 140 g/mol. The van der Waals surface area contributed by atoms with Crippen molar-refractivity contribution in [2.75, 3.05) is 0 Å². The van der Waals surface area contributed by atoms with Crippen molar-refractivity contribution in [2.45, 2.75) is 33.0 Å². The summed E-state index contributed by atoms with van der Waals surface area (Å²) in [6.45, 7) is 9.13. The lowest BCUT2D eigenvalue weighted by molar-refractivity contribution is 0.0171. The second-order valence-electron chi connectivity index (χ2n) is 3.32. The first kappa shape index (κ1) is 10.7. The Morgan fingerprint density at radius 1 is 1.18 bits per heavy atom. The zero-order valence-corrected chi connectivity index (χ0v) is 7.49. The Bertz CT molecular complexity index is 121. The van der Waals surface area contributed by atoms with Gasteiger partial charge in [-0.05, 0) is 5.92 Å². The molecule has 2 N–H and O–H groups in total. The molecule has 0 bridgehead atoms. The summed E-state index contributed by atoms with van der Waals surface area (Å²) in [5, 5.41) is 18.8. The maximum Gasteiger partial charge on any atom is 0.0768 e. The van der Waals surface area contributed by atoms with Crippen LogP contribution in [0.15, 0.2) is 12.7 Å². The van der Waals surface area contributed by atoms with Crippen LogP contribution in [0.5, 0.6) is 0 Å². The molecule has 0 heterocycles. The Labute approximate surface area is 68.6 Å². The van der Waals surface area contributed by atoms with E-state index in [2.05, 4.69) is 6.58 Å². The molecule has 0 aromatic carbocycles. The van der Waals surface area contributed by atoms with Gasteiger partial charge >= 0.3 is 0 Å². The summed E-state index contributed by atoms with van der Waals surface area (Å²) >= 11 is 0. The van der Waals surface area contributed by atoms with Crippen molar-refractivity contribution in [1.29, 1.82) is 0 Å². The molecule has 0 spiro atoms. The smallest absolute Gasteiger partial charge is 0.0768 e. The Hall–Kier alpha value is -0.340. The van der Waals surface area contributed by atoms with E-state index >= 15 is 0 Å². The molecule has 3 atom stereocenters. The first-order chi connectivity index (χ1) is 5.00. The molecule has 0 aliphatic heterocycles. The molecule has 0 amide bonds. The fourth-order valence-corrected chi connectivity index (χ4v) is 1.02. The Balaban J connectivity index is 4.00. The van der Waals surface area contributed by atoms with Crippen LogP contribution < -0.4 is 0 Å². The Morgan fingerprint density at radius 3 is 1.91 bits per heavy atom. The van der Waals surface area contributed by atoms with Gasteiger partial charge in [0.05, 0.1) is 12.2 Å². The fraction of sp³-hybridized carbons (Fsp3) is 0.778. The van der Waals surface area contributed by atoms with Crippen LogP contribution in [0, 0.1) is 11.8 Å². The average molecular weight is 158 g/mol. The number of aliphatic hydroxyl groups excluding tert-OH is 2. The lowest BCUT2D eigenvalue weighted by Crippen LogP contribution is -2.31. The van der Waals surface area contributed by atoms with Crippen molar-refractivity contribution in [1.82, 2.24) is 0 Å². The summed E-state index contributed by atoms with van der Waals surface area (Å²) in [5.41, 5.74) is 0. The van der Waals surface area contributed by atoms with Gasteiger partial charge in [-0.3, -0.25) is 0 Å². The predicted octanol–water partition coefficient (Wildman–Crippen LogP) is 1.19. The van der Waals surface area contributed by atoms with Crippen molar-refractivity contribution in [3.05, 3.63) is 12.7 Å². The summed E-state index contributed by atoms with van der Waals surface area (Å²) < 4.78 is 0. The second kappa shape index (κ2) is 4.52. The lowest BCUT2D eigenvalue weighted by Gasteiger charge is -2.24. The van der Waals surface area contributed by atoms with E-state index in [1.165, 1.54) is 6.08 Å². The van der Waals surface area contributed by atoms with Crippen LogP contribution in [-0.2, 0) is 0 Å². The van der Waals surface area contributed by atoms with Gasteiger partial charge in [0.25, 0.3) is 0 Å². The van der Waals surface area contributed by atoms with Crippen LogP contribution in [0.3, 0.4) is 0 Å². The SMILES string of the molecule is C=C[C@H](O)[C@H](C)[C@H](O)C(C)C. The van der Waals surface area contributed by atoms with Gasteiger partial charge in [-0.25, -0.2) is 0 Å². The Kier molecular flexibility index (Phi) is 4.38. The van der Waals surface area contributed by atoms with Gasteiger partial charge in [-0.15, -0.1) is 6.58 Å². The largest absolute Gasteiger partial charge is 0.392 e. The molecule has 0 fully saturated rings. The van der Waals surface area contributed by atoms with Gasteiger partial charge in [0, 0.05) is 5.92 Å². The highest BCUT2D eigenvalue weighted by atomic mass is 16.3. The van der Waals surface area contributed by atoms with Crippen LogP contribution in [0.1, 0.15) is 20.8 Å². The normalized spacial score (nSPS) is 19.5. The fourth-order valence-electron chi connectivity index (χ4n) is 1.02. The molecule has 0 aromatic heterocycles. The van der Waals surface area contributed by atoms with Gasteiger partial charge in [0.1, 0.15) is 0 Å². The molecule has 0 aliphatic carbocycles. The topological polar surface area (TPSA) is 40.5 Å². The summed E-state index contributed by atoms with van der Waals surface area (Å²) in [5.74, 6) is 0.0482. The minimum absolute atomic E-state index is 0.132. The van der Waals surface area contributed by atoms with E-state index in [9.17, 15) is 10.2 Å². The third kappa shape index (κ3) is 3.04.